The molecule has 126 valence electrons. The van der Waals surface area contributed by atoms with Crippen molar-refractivity contribution in [2.45, 2.75) is 19.3 Å². The Labute approximate surface area is 145 Å². The highest BCUT2D eigenvalue weighted by atomic mass is 35.5. The number of unbranched alkanes of at least 4 members (excludes halogenated alkanes) is 2. The molecule has 0 aliphatic heterocycles. The first-order valence-electron chi connectivity index (χ1n) is 6.65. The first-order chi connectivity index (χ1) is 10.4. The van der Waals surface area contributed by atoms with Crippen molar-refractivity contribution in [3.05, 3.63) is 22.3 Å². The molecule has 1 heterocycles. The molecule has 0 aliphatic rings. The highest BCUT2D eigenvalue weighted by Gasteiger charge is 2.03. The molecule has 2 N–H and O–H groups in total. The molecule has 1 aromatic heterocycles. The zero-order valence-electron chi connectivity index (χ0n) is 11.8. The third-order valence-corrected chi connectivity index (χ3v) is 3.75. The van der Waals surface area contributed by atoms with Crippen molar-refractivity contribution in [2.75, 3.05) is 26.3 Å². The van der Waals surface area contributed by atoms with E-state index in [-0.39, 0.29) is 6.61 Å². The van der Waals surface area contributed by atoms with E-state index in [9.17, 15) is 4.21 Å². The van der Waals surface area contributed by atoms with Crippen molar-refractivity contribution in [1.29, 1.82) is 0 Å². The molecule has 0 radical (unpaired) electrons. The van der Waals surface area contributed by atoms with Crippen LogP contribution < -0.4 is 10.1 Å². The number of halogens is 2. The number of hydrogen-bond donors (Lipinski definition) is 2. The van der Waals surface area contributed by atoms with Gasteiger partial charge in [-0.3, -0.25) is 8.74 Å². The Hall–Kier alpha value is -0.220. The predicted molar refractivity (Wildman–Crippen MR) is 90.6 cm³/mol. The molecule has 0 amide bonds. The number of pyridine rings is 1. The molecule has 0 saturated carbocycles. The second kappa shape index (κ2) is 10.5. The first kappa shape index (κ1) is 19.8. The molecule has 1 unspecified atom stereocenters. The Balaban J connectivity index is 1.98. The lowest BCUT2D eigenvalue weighted by atomic mass is 10.2. The van der Waals surface area contributed by atoms with Crippen LogP contribution in [0.3, 0.4) is 0 Å². The summed E-state index contributed by atoms with van der Waals surface area (Å²) in [6.45, 7) is 1.91. The third kappa shape index (κ3) is 9.73. The third-order valence-electron chi connectivity index (χ3n) is 2.52. The number of nitrogens with zero attached hydrogens (tertiary/aromatic N) is 1. The van der Waals surface area contributed by atoms with Crippen LogP contribution in [-0.2, 0) is 24.4 Å². The lowest BCUT2D eigenvalue weighted by Crippen LogP contribution is -2.22. The van der Waals surface area contributed by atoms with Crippen molar-refractivity contribution in [3.63, 3.8) is 0 Å². The fourth-order valence-corrected chi connectivity index (χ4v) is 2.48. The standard InChI is InChI=1S/C12H18Cl2N2O4S2/c13-10-8-11(14)12(16-9-10)19-6-3-1-2-4-15-5-7-20-22(17,18)21/h8-9,15H,1-7H2,(H,17,18,21). The van der Waals surface area contributed by atoms with Crippen LogP contribution in [0.2, 0.25) is 10.0 Å². The highest BCUT2D eigenvalue weighted by Crippen LogP contribution is 2.24. The van der Waals surface area contributed by atoms with E-state index in [0.29, 0.717) is 29.1 Å². The predicted octanol–water partition coefficient (Wildman–Crippen LogP) is 2.68. The second-order valence-corrected chi connectivity index (χ2v) is 7.55. The van der Waals surface area contributed by atoms with E-state index in [2.05, 4.69) is 25.7 Å². The van der Waals surface area contributed by atoms with Crippen LogP contribution in [0, 0.1) is 0 Å². The fraction of sp³-hybridized carbons (Fsp3) is 0.583. The van der Waals surface area contributed by atoms with Crippen LogP contribution in [-0.4, -0.2) is 40.0 Å². The minimum Gasteiger partial charge on any atom is -0.477 e. The van der Waals surface area contributed by atoms with E-state index < -0.39 is 9.05 Å². The van der Waals surface area contributed by atoms with Crippen molar-refractivity contribution in [1.82, 2.24) is 10.3 Å². The Morgan fingerprint density at radius 3 is 2.73 bits per heavy atom. The van der Waals surface area contributed by atoms with E-state index in [0.717, 1.165) is 25.8 Å². The molecule has 1 aromatic rings. The molecule has 0 saturated heterocycles. The second-order valence-electron chi connectivity index (χ2n) is 4.35. The molecule has 0 spiro atoms. The van der Waals surface area contributed by atoms with Gasteiger partial charge in [-0.1, -0.05) is 23.2 Å². The minimum atomic E-state index is -3.51. The molecule has 22 heavy (non-hydrogen) atoms. The Bertz CT molecular complexity index is 558. The van der Waals surface area contributed by atoms with Crippen molar-refractivity contribution >= 4 is 43.4 Å². The first-order valence-corrected chi connectivity index (χ1v) is 9.77. The quantitative estimate of drug-likeness (QED) is 0.563. The fourth-order valence-electron chi connectivity index (χ4n) is 1.55. The van der Waals surface area contributed by atoms with Gasteiger partial charge in [0.15, 0.2) is 0 Å². The monoisotopic (exact) mass is 388 g/mol. The van der Waals surface area contributed by atoms with Gasteiger partial charge in [0.2, 0.25) is 5.88 Å². The summed E-state index contributed by atoms with van der Waals surface area (Å²) in [5, 5.41) is 3.96. The van der Waals surface area contributed by atoms with Gasteiger partial charge in [-0.2, -0.15) is 4.21 Å². The summed E-state index contributed by atoms with van der Waals surface area (Å²) in [6.07, 6.45) is 4.28. The molecule has 0 bridgehead atoms. The molecule has 10 heteroatoms. The maximum Gasteiger partial charge on any atom is 0.266 e. The summed E-state index contributed by atoms with van der Waals surface area (Å²) in [5.74, 6) is 0.387. The van der Waals surface area contributed by atoms with Gasteiger partial charge in [0.1, 0.15) is 5.02 Å². The number of ether oxygens (including phenoxy) is 1. The maximum absolute atomic E-state index is 10.6. The summed E-state index contributed by atoms with van der Waals surface area (Å²) in [6, 6.07) is 1.59. The van der Waals surface area contributed by atoms with Crippen LogP contribution >= 0.6 is 23.2 Å². The average Bonchev–Trinajstić information content (AvgIpc) is 2.41. The average molecular weight is 389 g/mol. The van der Waals surface area contributed by atoms with Gasteiger partial charge in [-0.15, -0.1) is 0 Å². The molecule has 6 nitrogen and oxygen atoms in total. The SMILES string of the molecule is O=S(O)(=S)OCCNCCCCCOc1ncc(Cl)cc1Cl. The van der Waals surface area contributed by atoms with Crippen molar-refractivity contribution in [2.24, 2.45) is 0 Å². The van der Waals surface area contributed by atoms with Gasteiger partial charge in [-0.25, -0.2) is 4.98 Å². The largest absolute Gasteiger partial charge is 0.477 e. The molecular weight excluding hydrogens is 371 g/mol. The summed E-state index contributed by atoms with van der Waals surface area (Å²) in [5.41, 5.74) is 0. The molecule has 1 rings (SSSR count). The summed E-state index contributed by atoms with van der Waals surface area (Å²) in [4.78, 5) is 4.00. The zero-order chi connectivity index (χ0) is 16.4. The topological polar surface area (TPSA) is 80.7 Å². The smallest absolute Gasteiger partial charge is 0.266 e. The Kier molecular flexibility index (Phi) is 9.49. The van der Waals surface area contributed by atoms with Gasteiger partial charge in [0.25, 0.3) is 9.05 Å². The number of aromatic nitrogens is 1. The lowest BCUT2D eigenvalue weighted by molar-refractivity contribution is 0.290. The normalized spacial score (nSPS) is 13.8. The van der Waals surface area contributed by atoms with E-state index in [1.165, 1.54) is 6.20 Å². The lowest BCUT2D eigenvalue weighted by Gasteiger charge is -2.07. The zero-order valence-corrected chi connectivity index (χ0v) is 14.9. The molecule has 0 aromatic carbocycles. The minimum absolute atomic E-state index is 0.114. The Morgan fingerprint density at radius 2 is 2.05 bits per heavy atom. The van der Waals surface area contributed by atoms with Gasteiger partial charge < -0.3 is 10.1 Å². The van der Waals surface area contributed by atoms with Gasteiger partial charge in [0.05, 0.1) is 18.2 Å². The number of hydrogen-bond acceptors (Lipinski definition) is 6. The van der Waals surface area contributed by atoms with Crippen LogP contribution in [0.1, 0.15) is 19.3 Å². The summed E-state index contributed by atoms with van der Waals surface area (Å²) < 4.78 is 29.3. The summed E-state index contributed by atoms with van der Waals surface area (Å²) in [7, 11) is -3.51. The van der Waals surface area contributed by atoms with Crippen molar-refractivity contribution < 1.29 is 17.7 Å². The van der Waals surface area contributed by atoms with Gasteiger partial charge >= 0.3 is 0 Å². The van der Waals surface area contributed by atoms with Crippen LogP contribution in [0.5, 0.6) is 5.88 Å². The van der Waals surface area contributed by atoms with Crippen LogP contribution in [0.25, 0.3) is 0 Å². The maximum atomic E-state index is 10.6. The van der Waals surface area contributed by atoms with Crippen LogP contribution in [0.15, 0.2) is 12.3 Å². The Morgan fingerprint density at radius 1 is 1.27 bits per heavy atom. The highest BCUT2D eigenvalue weighted by molar-refractivity contribution is 8.27. The molecule has 0 fully saturated rings. The van der Waals surface area contributed by atoms with E-state index in [4.69, 9.17) is 32.5 Å². The molecule has 1 atom stereocenters. The molecule has 0 aliphatic carbocycles. The van der Waals surface area contributed by atoms with Gasteiger partial charge in [-0.05, 0) is 31.9 Å². The summed E-state index contributed by atoms with van der Waals surface area (Å²) >= 11 is 15.9. The van der Waals surface area contributed by atoms with Crippen LogP contribution in [0.4, 0.5) is 0 Å². The number of rotatable bonds is 11. The molecular formula is C12H18Cl2N2O4S2. The van der Waals surface area contributed by atoms with E-state index in [1.54, 1.807) is 6.07 Å². The van der Waals surface area contributed by atoms with E-state index in [1.807, 2.05) is 0 Å². The number of nitrogens with one attached hydrogen (secondary N) is 1. The van der Waals surface area contributed by atoms with Gasteiger partial charge in [0, 0.05) is 23.9 Å². The van der Waals surface area contributed by atoms with E-state index >= 15 is 0 Å². The van der Waals surface area contributed by atoms with Crippen molar-refractivity contribution in [3.8, 4) is 5.88 Å².